The molecule has 0 unspecified atom stereocenters. The van der Waals surface area contributed by atoms with E-state index in [1.54, 1.807) is 12.1 Å². The molecular weight excluding hydrogens is 728 g/mol. The Morgan fingerprint density at radius 3 is 1.55 bits per heavy atom. The fourth-order valence-electron chi connectivity index (χ4n) is 8.58. The van der Waals surface area contributed by atoms with Crippen molar-refractivity contribution in [3.63, 3.8) is 0 Å². The first kappa shape index (κ1) is 34.0. The number of nitrogens with zero attached hydrogens (tertiary/aromatic N) is 2. The third-order valence-electron chi connectivity index (χ3n) is 11.3. The molecule has 2 aromatic heterocycles. The van der Waals surface area contributed by atoms with Gasteiger partial charge in [0.05, 0.1) is 11.0 Å². The molecule has 274 valence electrons. The van der Waals surface area contributed by atoms with Gasteiger partial charge in [0, 0.05) is 53.7 Å². The maximum absolute atomic E-state index is 15.7. The third kappa shape index (κ3) is 5.69. The molecule has 0 N–H and O–H groups in total. The van der Waals surface area contributed by atoms with Crippen LogP contribution in [-0.2, 0) is 0 Å². The average Bonchev–Trinajstić information content (AvgIpc) is 3.85. The van der Waals surface area contributed by atoms with Crippen LogP contribution in [0.3, 0.4) is 0 Å². The number of thiophene rings is 1. The van der Waals surface area contributed by atoms with Crippen LogP contribution >= 0.6 is 11.3 Å². The van der Waals surface area contributed by atoms with Gasteiger partial charge in [-0.15, -0.1) is 11.3 Å². The summed E-state index contributed by atoms with van der Waals surface area (Å²) in [5.74, 6) is -0.243. The van der Waals surface area contributed by atoms with Crippen LogP contribution in [0.2, 0.25) is 0 Å². The highest BCUT2D eigenvalue weighted by atomic mass is 32.1. The van der Waals surface area contributed by atoms with E-state index in [0.29, 0.717) is 5.52 Å². The number of anilines is 3. The predicted octanol–water partition coefficient (Wildman–Crippen LogP) is 15.8. The summed E-state index contributed by atoms with van der Waals surface area (Å²) >= 11 is 1.87. The minimum absolute atomic E-state index is 0.243. The van der Waals surface area contributed by atoms with Crippen LogP contribution in [-0.4, -0.2) is 4.57 Å². The SMILES string of the molecule is Fc1cccc2c3ccccc3n(-c3cccc(N(c4ccc(-c5ccccc5)cc4)c4ccc(-c5cccc6c5sc5c(-c7ccccc7)cccc56)cc4)c3)c12. The normalized spacial score (nSPS) is 11.5. The predicted molar refractivity (Wildman–Crippen MR) is 245 cm³/mol. The van der Waals surface area contributed by atoms with Crippen molar-refractivity contribution in [1.29, 1.82) is 0 Å². The van der Waals surface area contributed by atoms with Crippen LogP contribution in [0.15, 0.2) is 212 Å². The van der Waals surface area contributed by atoms with Gasteiger partial charge in [0.2, 0.25) is 0 Å². The first-order chi connectivity index (χ1) is 28.7. The summed E-state index contributed by atoms with van der Waals surface area (Å²) in [5.41, 5.74) is 12.7. The van der Waals surface area contributed by atoms with Crippen LogP contribution in [0, 0.1) is 5.82 Å². The second-order valence-corrected chi connectivity index (χ2v) is 15.7. The summed E-state index contributed by atoms with van der Waals surface area (Å²) in [5, 5.41) is 4.48. The molecule has 58 heavy (non-hydrogen) atoms. The van der Waals surface area contributed by atoms with Crippen molar-refractivity contribution in [1.82, 2.24) is 4.57 Å². The molecule has 0 saturated heterocycles. The van der Waals surface area contributed by atoms with E-state index in [1.807, 2.05) is 35.6 Å². The Bertz CT molecular complexity index is 3270. The second-order valence-electron chi connectivity index (χ2n) is 14.6. The summed E-state index contributed by atoms with van der Waals surface area (Å²) in [4.78, 5) is 2.29. The summed E-state index contributed by atoms with van der Waals surface area (Å²) in [7, 11) is 0. The van der Waals surface area contributed by atoms with Gasteiger partial charge in [0.25, 0.3) is 0 Å². The number of benzene rings is 9. The van der Waals surface area contributed by atoms with Crippen LogP contribution in [0.1, 0.15) is 0 Å². The van der Waals surface area contributed by atoms with Crippen molar-refractivity contribution in [3.05, 3.63) is 218 Å². The van der Waals surface area contributed by atoms with Crippen molar-refractivity contribution < 1.29 is 4.39 Å². The lowest BCUT2D eigenvalue weighted by atomic mass is 10.00. The smallest absolute Gasteiger partial charge is 0.147 e. The molecule has 0 radical (unpaired) electrons. The standard InChI is InChI=1S/C54H35FN2S/c55-50-25-12-22-47-46-19-7-8-26-51(46)57(52(47)50)43-18-9-17-42(35-43)56(40-31-27-37(28-32-40)36-13-3-1-4-14-36)41-33-29-39(30-34-41)45-21-11-24-49-48-23-10-20-44(53(48)58-54(45)49)38-15-5-2-6-16-38/h1-35H. The Hall–Kier alpha value is -7.27. The molecule has 0 aliphatic rings. The Morgan fingerprint density at radius 2 is 0.879 bits per heavy atom. The van der Waals surface area contributed by atoms with Crippen molar-refractivity contribution in [3.8, 4) is 39.1 Å². The molecule has 9 aromatic carbocycles. The fourth-order valence-corrected chi connectivity index (χ4v) is 9.95. The van der Waals surface area contributed by atoms with Gasteiger partial charge in [0.1, 0.15) is 5.82 Å². The lowest BCUT2D eigenvalue weighted by Crippen LogP contribution is -2.10. The van der Waals surface area contributed by atoms with E-state index in [2.05, 4.69) is 185 Å². The van der Waals surface area contributed by atoms with Crippen molar-refractivity contribution >= 4 is 70.4 Å². The average molecular weight is 763 g/mol. The van der Waals surface area contributed by atoms with Crippen molar-refractivity contribution in [2.45, 2.75) is 0 Å². The minimum atomic E-state index is -0.243. The molecule has 0 spiro atoms. The van der Waals surface area contributed by atoms with Gasteiger partial charge in [-0.3, -0.25) is 0 Å². The topological polar surface area (TPSA) is 8.17 Å². The molecule has 0 aliphatic carbocycles. The molecule has 0 saturated carbocycles. The van der Waals surface area contributed by atoms with Crippen molar-refractivity contribution in [2.75, 3.05) is 4.90 Å². The maximum atomic E-state index is 15.7. The van der Waals surface area contributed by atoms with Gasteiger partial charge in [-0.05, 0) is 88.0 Å². The number of aromatic nitrogens is 1. The van der Waals surface area contributed by atoms with Gasteiger partial charge in [-0.2, -0.15) is 0 Å². The Kier molecular flexibility index (Phi) is 8.23. The molecular formula is C54H35FN2S. The van der Waals surface area contributed by atoms with E-state index in [1.165, 1.54) is 42.4 Å². The molecule has 11 aromatic rings. The Morgan fingerprint density at radius 1 is 0.379 bits per heavy atom. The summed E-state index contributed by atoms with van der Waals surface area (Å²) < 4.78 is 20.4. The zero-order valence-electron chi connectivity index (χ0n) is 31.4. The molecule has 0 amide bonds. The summed E-state index contributed by atoms with van der Waals surface area (Å²) in [6.07, 6.45) is 0. The second kappa shape index (κ2) is 14.0. The maximum Gasteiger partial charge on any atom is 0.147 e. The van der Waals surface area contributed by atoms with Gasteiger partial charge in [0.15, 0.2) is 0 Å². The number of hydrogen-bond acceptors (Lipinski definition) is 2. The van der Waals surface area contributed by atoms with Gasteiger partial charge in [-0.1, -0.05) is 158 Å². The lowest BCUT2D eigenvalue weighted by Gasteiger charge is -2.26. The van der Waals surface area contributed by atoms with Gasteiger partial charge >= 0.3 is 0 Å². The molecule has 4 heteroatoms. The van der Waals surface area contributed by atoms with E-state index in [9.17, 15) is 0 Å². The molecule has 0 bridgehead atoms. The zero-order chi connectivity index (χ0) is 38.6. The van der Waals surface area contributed by atoms with Crippen LogP contribution in [0.25, 0.3) is 81.0 Å². The van der Waals surface area contributed by atoms with Crippen LogP contribution in [0.4, 0.5) is 21.5 Å². The van der Waals surface area contributed by atoms with E-state index in [0.717, 1.165) is 50.2 Å². The summed E-state index contributed by atoms with van der Waals surface area (Å²) in [6.45, 7) is 0. The first-order valence-electron chi connectivity index (χ1n) is 19.5. The quantitative estimate of drug-likeness (QED) is 0.157. The largest absolute Gasteiger partial charge is 0.310 e. The third-order valence-corrected chi connectivity index (χ3v) is 12.6. The summed E-state index contributed by atoms with van der Waals surface area (Å²) in [6, 6.07) is 74.0. The van der Waals surface area contributed by atoms with Crippen molar-refractivity contribution in [2.24, 2.45) is 0 Å². The zero-order valence-corrected chi connectivity index (χ0v) is 32.2. The molecule has 11 rings (SSSR count). The van der Waals surface area contributed by atoms with E-state index < -0.39 is 0 Å². The van der Waals surface area contributed by atoms with Gasteiger partial charge in [-0.25, -0.2) is 4.39 Å². The number of halogens is 1. The number of rotatable bonds is 7. The fraction of sp³-hybridized carbons (Fsp3) is 0. The Labute approximate surface area is 339 Å². The highest BCUT2D eigenvalue weighted by Crippen LogP contribution is 2.45. The molecule has 0 aliphatic heterocycles. The Balaban J connectivity index is 1.04. The van der Waals surface area contributed by atoms with Crippen LogP contribution in [0.5, 0.6) is 0 Å². The molecule has 0 atom stereocenters. The van der Waals surface area contributed by atoms with E-state index in [4.69, 9.17) is 0 Å². The first-order valence-corrected chi connectivity index (χ1v) is 20.4. The number of para-hydroxylation sites is 2. The number of fused-ring (bicyclic) bond motifs is 6. The molecule has 0 fully saturated rings. The highest BCUT2D eigenvalue weighted by molar-refractivity contribution is 7.26. The van der Waals surface area contributed by atoms with E-state index in [-0.39, 0.29) is 5.82 Å². The lowest BCUT2D eigenvalue weighted by molar-refractivity contribution is 0.635. The van der Waals surface area contributed by atoms with E-state index >= 15 is 4.39 Å². The highest BCUT2D eigenvalue weighted by Gasteiger charge is 2.19. The minimum Gasteiger partial charge on any atom is -0.310 e. The molecule has 2 nitrogen and oxygen atoms in total. The monoisotopic (exact) mass is 762 g/mol. The molecule has 2 heterocycles. The van der Waals surface area contributed by atoms with Crippen LogP contribution < -0.4 is 4.90 Å². The number of hydrogen-bond donors (Lipinski definition) is 0. The van der Waals surface area contributed by atoms with Gasteiger partial charge < -0.3 is 9.47 Å².